The van der Waals surface area contributed by atoms with E-state index in [-0.39, 0.29) is 23.5 Å². The minimum absolute atomic E-state index is 0.00180. The minimum atomic E-state index is 0.00180. The molecule has 1 heterocycles. The van der Waals surface area contributed by atoms with Crippen molar-refractivity contribution in [1.82, 2.24) is 10.2 Å². The molecule has 1 saturated carbocycles. The Morgan fingerprint density at radius 2 is 2.28 bits per heavy atom. The van der Waals surface area contributed by atoms with Crippen molar-refractivity contribution in [3.63, 3.8) is 0 Å². The zero-order valence-corrected chi connectivity index (χ0v) is 12.5. The Kier molecular flexibility index (Phi) is 4.24. The molecule has 18 heavy (non-hydrogen) atoms. The number of nitrogens with one attached hydrogen (secondary N) is 1. The van der Waals surface area contributed by atoms with Gasteiger partial charge >= 0.3 is 0 Å². The van der Waals surface area contributed by atoms with E-state index in [1.54, 1.807) is 11.8 Å². The average molecular weight is 272 g/mol. The molecule has 2 aliphatic rings. The van der Waals surface area contributed by atoms with Crippen LogP contribution >= 0.6 is 11.8 Å². The van der Waals surface area contributed by atoms with Crippen molar-refractivity contribution in [2.45, 2.75) is 45.4 Å². The summed E-state index contributed by atoms with van der Waals surface area (Å²) in [5.74, 6) is 2.01. The van der Waals surface area contributed by atoms with Gasteiger partial charge in [0.05, 0.1) is 12.1 Å². The van der Waals surface area contributed by atoms with Gasteiger partial charge in [0.15, 0.2) is 0 Å². The van der Waals surface area contributed by atoms with E-state index >= 15 is 0 Å². The van der Waals surface area contributed by atoms with Gasteiger partial charge in [0.2, 0.25) is 5.91 Å². The molecule has 0 bridgehead atoms. The van der Waals surface area contributed by atoms with Crippen LogP contribution in [0.4, 0.5) is 0 Å². The van der Waals surface area contributed by atoms with E-state index in [0.717, 1.165) is 24.7 Å². The van der Waals surface area contributed by atoms with Crippen LogP contribution in [0.2, 0.25) is 0 Å². The highest BCUT2D eigenvalue weighted by molar-refractivity contribution is 7.99. The summed E-state index contributed by atoms with van der Waals surface area (Å²) in [5.41, 5.74) is 0.0617. The highest BCUT2D eigenvalue weighted by atomic mass is 32.2. The molecule has 0 aromatic carbocycles. The lowest BCUT2D eigenvalue weighted by molar-refractivity contribution is -0.164. The van der Waals surface area contributed by atoms with Gasteiger partial charge in [-0.1, -0.05) is 13.8 Å². The molecule has 0 radical (unpaired) electrons. The predicted octanol–water partition coefficient (Wildman–Crippen LogP) is 1.31. The van der Waals surface area contributed by atoms with E-state index in [4.69, 9.17) is 4.74 Å². The fraction of sp³-hybridized carbons (Fsp3) is 0.923. The van der Waals surface area contributed by atoms with E-state index in [1.807, 2.05) is 18.9 Å². The van der Waals surface area contributed by atoms with E-state index in [2.05, 4.69) is 19.2 Å². The fourth-order valence-corrected chi connectivity index (χ4v) is 3.89. The number of hydrogen-bond acceptors (Lipinski definition) is 4. The summed E-state index contributed by atoms with van der Waals surface area (Å²) >= 11 is 1.79. The van der Waals surface area contributed by atoms with Crippen LogP contribution in [0.5, 0.6) is 0 Å². The third kappa shape index (κ3) is 2.40. The molecule has 1 N–H and O–H groups in total. The fourth-order valence-electron chi connectivity index (χ4n) is 2.96. The van der Waals surface area contributed by atoms with Crippen molar-refractivity contribution in [3.05, 3.63) is 0 Å². The summed E-state index contributed by atoms with van der Waals surface area (Å²) < 4.78 is 5.72. The number of carbonyl (C=O) groups is 1. The summed E-state index contributed by atoms with van der Waals surface area (Å²) in [6, 6.07) is 0.302. The summed E-state index contributed by atoms with van der Waals surface area (Å²) in [6.07, 6.45) is 1.25. The summed E-state index contributed by atoms with van der Waals surface area (Å²) in [4.78, 5) is 14.3. The lowest BCUT2D eigenvalue weighted by Crippen LogP contribution is -2.64. The molecule has 104 valence electrons. The second-order valence-electron chi connectivity index (χ2n) is 5.74. The molecule has 0 aromatic rings. The van der Waals surface area contributed by atoms with Gasteiger partial charge in [0.1, 0.15) is 0 Å². The first-order valence-corrected chi connectivity index (χ1v) is 7.83. The molecule has 1 amide bonds. The molecule has 3 atom stereocenters. The van der Waals surface area contributed by atoms with Crippen LogP contribution in [0, 0.1) is 5.41 Å². The molecule has 0 unspecified atom stereocenters. The normalized spacial score (nSPS) is 34.1. The monoisotopic (exact) mass is 272 g/mol. The molecule has 0 spiro atoms. The third-order valence-electron chi connectivity index (χ3n) is 4.32. The number of nitrogens with zero attached hydrogens (tertiary/aromatic N) is 1. The second kappa shape index (κ2) is 5.39. The zero-order valence-electron chi connectivity index (χ0n) is 11.7. The average Bonchev–Trinajstić information content (AvgIpc) is 2.86. The van der Waals surface area contributed by atoms with Crippen molar-refractivity contribution in [3.8, 4) is 0 Å². The smallest absolute Gasteiger partial charge is 0.240 e. The zero-order chi connectivity index (χ0) is 13.3. The number of hydrogen-bond donors (Lipinski definition) is 1. The SMILES string of the molecule is CCO[C@@H]1C[C@H](N(C)C(=O)[C@@H]2CSCN2)C1(C)C. The molecule has 1 saturated heterocycles. The van der Waals surface area contributed by atoms with E-state index in [1.165, 1.54) is 0 Å². The van der Waals surface area contributed by atoms with Gasteiger partial charge in [-0.15, -0.1) is 11.8 Å². The standard InChI is InChI=1S/C13H24N2O2S/c1-5-17-11-6-10(13(11,2)3)15(4)12(16)9-7-18-8-14-9/h9-11,14H,5-8H2,1-4H3/t9-,10-,11+/m0/s1. The van der Waals surface area contributed by atoms with Crippen LogP contribution in [-0.2, 0) is 9.53 Å². The van der Waals surface area contributed by atoms with Gasteiger partial charge in [-0.3, -0.25) is 10.1 Å². The minimum Gasteiger partial charge on any atom is -0.378 e. The van der Waals surface area contributed by atoms with Gasteiger partial charge in [-0.25, -0.2) is 0 Å². The first kappa shape index (κ1) is 14.2. The number of carbonyl (C=O) groups excluding carboxylic acids is 1. The van der Waals surface area contributed by atoms with Crippen molar-refractivity contribution >= 4 is 17.7 Å². The van der Waals surface area contributed by atoms with Crippen molar-refractivity contribution in [2.24, 2.45) is 5.41 Å². The van der Waals surface area contributed by atoms with E-state index in [9.17, 15) is 4.79 Å². The first-order chi connectivity index (χ1) is 8.48. The lowest BCUT2D eigenvalue weighted by Gasteiger charge is -2.55. The number of ether oxygens (including phenoxy) is 1. The second-order valence-corrected chi connectivity index (χ2v) is 6.77. The number of rotatable bonds is 4. The Balaban J connectivity index is 1.94. The van der Waals surface area contributed by atoms with Gasteiger partial charge in [0.25, 0.3) is 0 Å². The maximum absolute atomic E-state index is 12.3. The van der Waals surface area contributed by atoms with Crippen LogP contribution < -0.4 is 5.32 Å². The van der Waals surface area contributed by atoms with Gasteiger partial charge in [-0.2, -0.15) is 0 Å². The number of thioether (sulfide) groups is 1. The Bertz CT molecular complexity index is 316. The summed E-state index contributed by atoms with van der Waals surface area (Å²) in [7, 11) is 1.93. The van der Waals surface area contributed by atoms with Crippen LogP contribution in [-0.4, -0.2) is 54.3 Å². The molecule has 2 rings (SSSR count). The molecule has 5 heteroatoms. The third-order valence-corrected chi connectivity index (χ3v) is 5.26. The predicted molar refractivity (Wildman–Crippen MR) is 74.6 cm³/mol. The Morgan fingerprint density at radius 1 is 1.56 bits per heavy atom. The molecular weight excluding hydrogens is 248 g/mol. The van der Waals surface area contributed by atoms with Crippen LogP contribution in [0.25, 0.3) is 0 Å². The molecule has 0 aromatic heterocycles. The quantitative estimate of drug-likeness (QED) is 0.838. The Morgan fingerprint density at radius 3 is 2.78 bits per heavy atom. The molecule has 4 nitrogen and oxygen atoms in total. The van der Waals surface area contributed by atoms with Crippen molar-refractivity contribution in [1.29, 1.82) is 0 Å². The number of amides is 1. The van der Waals surface area contributed by atoms with Crippen molar-refractivity contribution in [2.75, 3.05) is 25.3 Å². The van der Waals surface area contributed by atoms with Gasteiger partial charge in [-0.05, 0) is 13.3 Å². The maximum Gasteiger partial charge on any atom is 0.240 e. The largest absolute Gasteiger partial charge is 0.378 e. The highest BCUT2D eigenvalue weighted by Gasteiger charge is 2.52. The summed E-state index contributed by atoms with van der Waals surface area (Å²) in [5, 5.41) is 3.24. The van der Waals surface area contributed by atoms with Crippen LogP contribution in [0.1, 0.15) is 27.2 Å². The van der Waals surface area contributed by atoms with E-state index < -0.39 is 0 Å². The van der Waals surface area contributed by atoms with E-state index in [0.29, 0.717) is 6.04 Å². The van der Waals surface area contributed by atoms with Crippen LogP contribution in [0.15, 0.2) is 0 Å². The topological polar surface area (TPSA) is 41.6 Å². The van der Waals surface area contributed by atoms with Gasteiger partial charge < -0.3 is 9.64 Å². The molecule has 1 aliphatic heterocycles. The van der Waals surface area contributed by atoms with Crippen LogP contribution in [0.3, 0.4) is 0 Å². The molecule has 1 aliphatic carbocycles. The Labute approximate surface area is 114 Å². The lowest BCUT2D eigenvalue weighted by atomic mass is 9.63. The number of likely N-dealkylation sites (N-methyl/N-ethyl adjacent to an activating group) is 1. The highest BCUT2D eigenvalue weighted by Crippen LogP contribution is 2.45. The maximum atomic E-state index is 12.3. The summed E-state index contributed by atoms with van der Waals surface area (Å²) in [6.45, 7) is 7.17. The Hall–Kier alpha value is -0.260. The first-order valence-electron chi connectivity index (χ1n) is 6.67. The molecule has 2 fully saturated rings. The van der Waals surface area contributed by atoms with Crippen molar-refractivity contribution < 1.29 is 9.53 Å². The van der Waals surface area contributed by atoms with Gasteiger partial charge in [0, 0.05) is 36.7 Å². The molecular formula is C13H24N2O2S.